The van der Waals surface area contributed by atoms with Crippen LogP contribution in [0.15, 0.2) is 16.9 Å². The van der Waals surface area contributed by atoms with Crippen molar-refractivity contribution in [2.45, 2.75) is 40.0 Å². The third-order valence-electron chi connectivity index (χ3n) is 3.43. The Kier molecular flexibility index (Phi) is 3.76. The maximum Gasteiger partial charge on any atom is 0.192 e. The van der Waals surface area contributed by atoms with E-state index in [-0.39, 0.29) is 5.43 Å². The standard InChI is InChI=1S/C15H18ClNO/c1-4-5-6-11-7-12-14(13(16)8-11)17-10(3)9(2)15(12)18/h7-8H,4-6H2,1-3H3,(H,17,18). The van der Waals surface area contributed by atoms with Crippen LogP contribution in [0, 0.1) is 13.8 Å². The lowest BCUT2D eigenvalue weighted by atomic mass is 10.0. The van der Waals surface area contributed by atoms with E-state index in [9.17, 15) is 4.79 Å². The van der Waals surface area contributed by atoms with Gasteiger partial charge < -0.3 is 4.98 Å². The van der Waals surface area contributed by atoms with Crippen molar-refractivity contribution in [3.8, 4) is 0 Å². The Morgan fingerprint density at radius 2 is 2.00 bits per heavy atom. The first-order chi connectivity index (χ1) is 8.54. The van der Waals surface area contributed by atoms with Crippen molar-refractivity contribution in [1.29, 1.82) is 0 Å². The maximum absolute atomic E-state index is 12.2. The third-order valence-corrected chi connectivity index (χ3v) is 3.73. The summed E-state index contributed by atoms with van der Waals surface area (Å²) in [7, 11) is 0. The number of fused-ring (bicyclic) bond motifs is 1. The Balaban J connectivity index is 2.68. The summed E-state index contributed by atoms with van der Waals surface area (Å²) >= 11 is 6.27. The predicted octanol–water partition coefficient (Wildman–Crippen LogP) is 4.14. The number of aromatic amines is 1. The van der Waals surface area contributed by atoms with Gasteiger partial charge in [-0.15, -0.1) is 0 Å². The minimum absolute atomic E-state index is 0.0847. The van der Waals surface area contributed by atoms with E-state index in [1.807, 2.05) is 26.0 Å². The summed E-state index contributed by atoms with van der Waals surface area (Å²) in [5.74, 6) is 0. The second-order valence-corrected chi connectivity index (χ2v) is 5.22. The minimum atomic E-state index is 0.0847. The molecule has 2 rings (SSSR count). The van der Waals surface area contributed by atoms with Crippen molar-refractivity contribution in [1.82, 2.24) is 4.98 Å². The number of hydrogen-bond acceptors (Lipinski definition) is 1. The van der Waals surface area contributed by atoms with E-state index in [1.165, 1.54) is 0 Å². The van der Waals surface area contributed by atoms with Gasteiger partial charge in [-0.1, -0.05) is 24.9 Å². The van der Waals surface area contributed by atoms with E-state index in [0.717, 1.165) is 41.6 Å². The molecule has 0 spiro atoms. The largest absolute Gasteiger partial charge is 0.357 e. The average Bonchev–Trinajstić information content (AvgIpc) is 2.35. The van der Waals surface area contributed by atoms with Crippen LogP contribution in [0.2, 0.25) is 5.02 Å². The van der Waals surface area contributed by atoms with Gasteiger partial charge in [0.15, 0.2) is 5.43 Å². The molecule has 0 fully saturated rings. The number of H-pyrrole nitrogens is 1. The Morgan fingerprint density at radius 1 is 1.28 bits per heavy atom. The van der Waals surface area contributed by atoms with E-state index in [4.69, 9.17) is 11.6 Å². The first kappa shape index (κ1) is 13.2. The molecule has 1 heterocycles. The highest BCUT2D eigenvalue weighted by Crippen LogP contribution is 2.23. The number of halogens is 1. The van der Waals surface area contributed by atoms with Gasteiger partial charge in [0.1, 0.15) is 0 Å². The highest BCUT2D eigenvalue weighted by atomic mass is 35.5. The lowest BCUT2D eigenvalue weighted by molar-refractivity contribution is 0.796. The molecule has 0 saturated heterocycles. The summed E-state index contributed by atoms with van der Waals surface area (Å²) in [6, 6.07) is 3.94. The lowest BCUT2D eigenvalue weighted by Crippen LogP contribution is -2.10. The van der Waals surface area contributed by atoms with Crippen LogP contribution in [0.5, 0.6) is 0 Å². The molecule has 0 bridgehead atoms. The molecule has 0 aliphatic carbocycles. The van der Waals surface area contributed by atoms with Crippen molar-refractivity contribution >= 4 is 22.5 Å². The van der Waals surface area contributed by atoms with E-state index in [0.29, 0.717) is 10.4 Å². The quantitative estimate of drug-likeness (QED) is 0.887. The van der Waals surface area contributed by atoms with Gasteiger partial charge in [0.25, 0.3) is 0 Å². The van der Waals surface area contributed by atoms with Crippen molar-refractivity contribution in [2.75, 3.05) is 0 Å². The molecule has 2 aromatic rings. The van der Waals surface area contributed by atoms with Gasteiger partial charge in [-0.25, -0.2) is 0 Å². The van der Waals surface area contributed by atoms with Gasteiger partial charge >= 0.3 is 0 Å². The van der Waals surface area contributed by atoms with Gasteiger partial charge in [-0.05, 0) is 44.4 Å². The molecule has 0 aliphatic heterocycles. The second-order valence-electron chi connectivity index (χ2n) is 4.81. The Labute approximate surface area is 112 Å². The van der Waals surface area contributed by atoms with Crippen molar-refractivity contribution in [2.24, 2.45) is 0 Å². The lowest BCUT2D eigenvalue weighted by Gasteiger charge is -2.08. The van der Waals surface area contributed by atoms with Crippen LogP contribution in [0.3, 0.4) is 0 Å². The molecule has 1 N–H and O–H groups in total. The summed E-state index contributed by atoms with van der Waals surface area (Å²) < 4.78 is 0. The molecular weight excluding hydrogens is 246 g/mol. The average molecular weight is 264 g/mol. The smallest absolute Gasteiger partial charge is 0.192 e. The highest BCUT2D eigenvalue weighted by Gasteiger charge is 2.09. The third kappa shape index (κ3) is 2.30. The molecule has 0 radical (unpaired) electrons. The van der Waals surface area contributed by atoms with Gasteiger partial charge in [-0.2, -0.15) is 0 Å². The van der Waals surface area contributed by atoms with Crippen LogP contribution in [-0.4, -0.2) is 4.98 Å². The first-order valence-corrected chi connectivity index (χ1v) is 6.74. The zero-order valence-corrected chi connectivity index (χ0v) is 11.8. The zero-order chi connectivity index (χ0) is 13.3. The summed E-state index contributed by atoms with van der Waals surface area (Å²) in [6.45, 7) is 5.90. The number of unbranched alkanes of at least 4 members (excludes halogenated alkanes) is 1. The number of pyridine rings is 1. The van der Waals surface area contributed by atoms with Gasteiger partial charge in [-0.3, -0.25) is 4.79 Å². The van der Waals surface area contributed by atoms with Crippen molar-refractivity contribution in [3.05, 3.63) is 44.2 Å². The molecule has 96 valence electrons. The molecule has 2 nitrogen and oxygen atoms in total. The van der Waals surface area contributed by atoms with Crippen LogP contribution in [0.1, 0.15) is 36.6 Å². The molecule has 18 heavy (non-hydrogen) atoms. The summed E-state index contributed by atoms with van der Waals surface area (Å²) in [5.41, 5.74) is 3.64. The molecule has 0 saturated carbocycles. The van der Waals surface area contributed by atoms with Crippen LogP contribution >= 0.6 is 11.6 Å². The van der Waals surface area contributed by atoms with Crippen LogP contribution < -0.4 is 5.43 Å². The van der Waals surface area contributed by atoms with Gasteiger partial charge in [0.2, 0.25) is 0 Å². The summed E-state index contributed by atoms with van der Waals surface area (Å²) in [5, 5.41) is 1.34. The zero-order valence-electron chi connectivity index (χ0n) is 11.1. The number of hydrogen-bond donors (Lipinski definition) is 1. The fourth-order valence-corrected chi connectivity index (χ4v) is 2.44. The number of aromatic nitrogens is 1. The molecule has 1 aromatic carbocycles. The summed E-state index contributed by atoms with van der Waals surface area (Å²) in [4.78, 5) is 15.5. The van der Waals surface area contributed by atoms with E-state index >= 15 is 0 Å². The number of aryl methyl sites for hydroxylation is 2. The number of nitrogens with one attached hydrogen (secondary N) is 1. The molecule has 0 unspecified atom stereocenters. The predicted molar refractivity (Wildman–Crippen MR) is 77.7 cm³/mol. The number of benzene rings is 1. The minimum Gasteiger partial charge on any atom is -0.357 e. The molecule has 0 amide bonds. The SMILES string of the molecule is CCCCc1cc(Cl)c2[nH]c(C)c(C)c(=O)c2c1. The van der Waals surface area contributed by atoms with Crippen LogP contribution in [0.4, 0.5) is 0 Å². The molecule has 0 aliphatic rings. The topological polar surface area (TPSA) is 32.9 Å². The van der Waals surface area contributed by atoms with Crippen molar-refractivity contribution in [3.63, 3.8) is 0 Å². The fourth-order valence-electron chi connectivity index (χ4n) is 2.15. The summed E-state index contributed by atoms with van der Waals surface area (Å²) in [6.07, 6.45) is 3.22. The van der Waals surface area contributed by atoms with Crippen LogP contribution in [0.25, 0.3) is 10.9 Å². The van der Waals surface area contributed by atoms with Crippen LogP contribution in [-0.2, 0) is 6.42 Å². The van der Waals surface area contributed by atoms with Gasteiger partial charge in [0.05, 0.1) is 10.5 Å². The Hall–Kier alpha value is -1.28. The first-order valence-electron chi connectivity index (χ1n) is 6.36. The van der Waals surface area contributed by atoms with Crippen molar-refractivity contribution < 1.29 is 0 Å². The maximum atomic E-state index is 12.2. The molecule has 0 atom stereocenters. The van der Waals surface area contributed by atoms with E-state index in [1.54, 1.807) is 0 Å². The normalized spacial score (nSPS) is 11.1. The van der Waals surface area contributed by atoms with E-state index < -0.39 is 0 Å². The molecular formula is C15H18ClNO. The second kappa shape index (κ2) is 5.15. The fraction of sp³-hybridized carbons (Fsp3) is 0.400. The van der Waals surface area contributed by atoms with E-state index in [2.05, 4.69) is 11.9 Å². The van der Waals surface area contributed by atoms with Gasteiger partial charge in [0, 0.05) is 16.6 Å². The monoisotopic (exact) mass is 263 g/mol. The Morgan fingerprint density at radius 3 is 2.67 bits per heavy atom. The number of rotatable bonds is 3. The Bertz CT molecular complexity index is 643. The highest BCUT2D eigenvalue weighted by molar-refractivity contribution is 6.35. The molecule has 3 heteroatoms. The molecule has 1 aromatic heterocycles.